The van der Waals surface area contributed by atoms with E-state index in [2.05, 4.69) is 22.2 Å². The molecule has 25 heavy (non-hydrogen) atoms. The number of benzene rings is 2. The maximum absolute atomic E-state index is 9.59. The maximum Gasteiger partial charge on any atom is 0.117 e. The molecule has 0 aliphatic heterocycles. The molecule has 2 aromatic heterocycles. The Hall–Kier alpha value is -2.85. The first-order chi connectivity index (χ1) is 11.7. The van der Waals surface area contributed by atoms with Crippen LogP contribution in [0.4, 0.5) is 0 Å². The molecule has 2 aromatic carbocycles. The number of phenolic OH excluding ortho intramolecular Hbond substituents is 1. The molecule has 0 amide bonds. The van der Waals surface area contributed by atoms with E-state index in [9.17, 15) is 5.11 Å². The lowest BCUT2D eigenvalue weighted by atomic mass is 10.2. The predicted octanol–water partition coefficient (Wildman–Crippen LogP) is 4.60. The van der Waals surface area contributed by atoms with Crippen LogP contribution in [0.25, 0.3) is 10.9 Å². The van der Waals surface area contributed by atoms with Gasteiger partial charge in [-0.2, -0.15) is 5.10 Å². The van der Waals surface area contributed by atoms with Crippen LogP contribution >= 0.6 is 12.4 Å². The fourth-order valence-electron chi connectivity index (χ4n) is 2.52. The van der Waals surface area contributed by atoms with E-state index in [1.807, 2.05) is 54.1 Å². The SMILES string of the molecule is Cc1nn(Cc2ccccc2)c2cc(O)ccc12.Cl.c1ccncc1. The number of nitrogens with zero attached hydrogens (tertiary/aromatic N) is 3. The lowest BCUT2D eigenvalue weighted by molar-refractivity contribution is 0.475. The van der Waals surface area contributed by atoms with Crippen molar-refractivity contribution in [2.45, 2.75) is 13.5 Å². The van der Waals surface area contributed by atoms with E-state index in [-0.39, 0.29) is 18.2 Å². The van der Waals surface area contributed by atoms with Crippen LogP contribution in [0.3, 0.4) is 0 Å². The minimum absolute atomic E-state index is 0. The molecule has 0 radical (unpaired) electrons. The third-order valence-electron chi connectivity index (χ3n) is 3.66. The molecule has 4 rings (SSSR count). The Kier molecular flexibility index (Phi) is 6.54. The van der Waals surface area contributed by atoms with E-state index in [0.29, 0.717) is 6.54 Å². The van der Waals surface area contributed by atoms with Crippen LogP contribution in [-0.4, -0.2) is 19.9 Å². The molecule has 0 saturated heterocycles. The third-order valence-corrected chi connectivity index (χ3v) is 3.66. The second kappa shape index (κ2) is 8.85. The highest BCUT2D eigenvalue weighted by Gasteiger charge is 2.08. The van der Waals surface area contributed by atoms with Crippen molar-refractivity contribution in [2.24, 2.45) is 0 Å². The van der Waals surface area contributed by atoms with Crippen LogP contribution in [0.1, 0.15) is 11.3 Å². The minimum atomic E-state index is 0. The summed E-state index contributed by atoms with van der Waals surface area (Å²) < 4.78 is 1.93. The van der Waals surface area contributed by atoms with Crippen molar-refractivity contribution in [3.8, 4) is 5.75 Å². The van der Waals surface area contributed by atoms with Crippen molar-refractivity contribution >= 4 is 23.3 Å². The Morgan fingerprint density at radius 3 is 2.20 bits per heavy atom. The smallest absolute Gasteiger partial charge is 0.117 e. The zero-order valence-electron chi connectivity index (χ0n) is 13.9. The van der Waals surface area contributed by atoms with Gasteiger partial charge in [0.1, 0.15) is 5.75 Å². The zero-order chi connectivity index (χ0) is 16.8. The van der Waals surface area contributed by atoms with Crippen molar-refractivity contribution in [3.63, 3.8) is 0 Å². The summed E-state index contributed by atoms with van der Waals surface area (Å²) in [6, 6.07) is 21.3. The van der Waals surface area contributed by atoms with E-state index < -0.39 is 0 Å². The zero-order valence-corrected chi connectivity index (χ0v) is 14.7. The fraction of sp³-hybridized carbons (Fsp3) is 0.100. The molecule has 0 aliphatic carbocycles. The number of phenols is 1. The Morgan fingerprint density at radius 1 is 0.920 bits per heavy atom. The summed E-state index contributed by atoms with van der Waals surface area (Å²) in [5, 5.41) is 15.2. The Balaban J connectivity index is 0.000000275. The average molecular weight is 354 g/mol. The van der Waals surface area contributed by atoms with E-state index in [0.717, 1.165) is 16.6 Å². The predicted molar refractivity (Wildman–Crippen MR) is 103 cm³/mol. The summed E-state index contributed by atoms with van der Waals surface area (Å²) in [5.74, 6) is 0.275. The maximum atomic E-state index is 9.59. The molecular formula is C20H20ClN3O. The molecule has 2 heterocycles. The monoisotopic (exact) mass is 353 g/mol. The lowest BCUT2D eigenvalue weighted by Crippen LogP contribution is -2.01. The van der Waals surface area contributed by atoms with Gasteiger partial charge in [-0.15, -0.1) is 12.4 Å². The first-order valence-corrected chi connectivity index (χ1v) is 7.79. The van der Waals surface area contributed by atoms with Crippen LogP contribution in [-0.2, 0) is 6.54 Å². The molecule has 0 fully saturated rings. The third kappa shape index (κ3) is 4.81. The van der Waals surface area contributed by atoms with Gasteiger partial charge in [0.25, 0.3) is 0 Å². The number of halogens is 1. The van der Waals surface area contributed by atoms with Crippen LogP contribution in [0.5, 0.6) is 5.75 Å². The van der Waals surface area contributed by atoms with Gasteiger partial charge in [-0.05, 0) is 36.8 Å². The summed E-state index contributed by atoms with van der Waals surface area (Å²) >= 11 is 0. The van der Waals surface area contributed by atoms with Crippen molar-refractivity contribution in [1.29, 1.82) is 0 Å². The summed E-state index contributed by atoms with van der Waals surface area (Å²) in [5.41, 5.74) is 3.16. The van der Waals surface area contributed by atoms with Gasteiger partial charge < -0.3 is 5.11 Å². The number of rotatable bonds is 2. The molecule has 4 nitrogen and oxygen atoms in total. The minimum Gasteiger partial charge on any atom is -0.508 e. The van der Waals surface area contributed by atoms with Gasteiger partial charge in [0.15, 0.2) is 0 Å². The van der Waals surface area contributed by atoms with Gasteiger partial charge >= 0.3 is 0 Å². The molecule has 0 aliphatic rings. The number of pyridine rings is 1. The standard InChI is InChI=1S/C15H14N2O.C5H5N.ClH/c1-11-14-8-7-13(18)9-15(14)17(16-11)10-12-5-3-2-4-6-12;1-2-4-6-5-3-1;/h2-9,18H,10H2,1H3;1-5H;1H. The van der Waals surface area contributed by atoms with Crippen molar-refractivity contribution in [3.05, 3.63) is 90.4 Å². The summed E-state index contributed by atoms with van der Waals surface area (Å²) in [6.45, 7) is 2.70. The quantitative estimate of drug-likeness (QED) is 0.573. The van der Waals surface area contributed by atoms with Gasteiger partial charge in [-0.3, -0.25) is 9.67 Å². The molecule has 0 unspecified atom stereocenters. The van der Waals surface area contributed by atoms with Crippen LogP contribution in [0.15, 0.2) is 79.1 Å². The highest BCUT2D eigenvalue weighted by atomic mass is 35.5. The van der Waals surface area contributed by atoms with Gasteiger partial charge in [0.2, 0.25) is 0 Å². The average Bonchev–Trinajstić information content (AvgIpc) is 2.93. The molecular weight excluding hydrogens is 334 g/mol. The molecule has 1 N–H and O–H groups in total. The van der Waals surface area contributed by atoms with Crippen molar-refractivity contribution < 1.29 is 5.11 Å². The second-order valence-electron chi connectivity index (χ2n) is 5.45. The Bertz CT molecular complexity index is 882. The number of aromatic hydroxyl groups is 1. The summed E-state index contributed by atoms with van der Waals surface area (Å²) in [6.07, 6.45) is 3.50. The molecule has 5 heteroatoms. The van der Waals surface area contributed by atoms with Crippen molar-refractivity contribution in [1.82, 2.24) is 14.8 Å². The number of aryl methyl sites for hydroxylation is 1. The molecule has 0 atom stereocenters. The highest BCUT2D eigenvalue weighted by Crippen LogP contribution is 2.23. The van der Waals surface area contributed by atoms with Crippen LogP contribution < -0.4 is 0 Å². The van der Waals surface area contributed by atoms with Gasteiger partial charge in [-0.1, -0.05) is 36.4 Å². The molecule has 128 valence electrons. The fourth-order valence-corrected chi connectivity index (χ4v) is 2.52. The summed E-state index contributed by atoms with van der Waals surface area (Å²) in [7, 11) is 0. The Morgan fingerprint density at radius 2 is 1.60 bits per heavy atom. The van der Waals surface area contributed by atoms with Crippen molar-refractivity contribution in [2.75, 3.05) is 0 Å². The molecule has 0 spiro atoms. The van der Waals surface area contributed by atoms with Crippen LogP contribution in [0, 0.1) is 6.92 Å². The van der Waals surface area contributed by atoms with Gasteiger partial charge in [-0.25, -0.2) is 0 Å². The summed E-state index contributed by atoms with van der Waals surface area (Å²) in [4.78, 5) is 3.78. The number of fused-ring (bicyclic) bond motifs is 1. The highest BCUT2D eigenvalue weighted by molar-refractivity contribution is 5.85. The second-order valence-corrected chi connectivity index (χ2v) is 5.45. The largest absolute Gasteiger partial charge is 0.508 e. The molecule has 0 saturated carbocycles. The first-order valence-electron chi connectivity index (χ1n) is 7.79. The topological polar surface area (TPSA) is 50.9 Å². The van der Waals surface area contributed by atoms with E-state index in [4.69, 9.17) is 0 Å². The normalized spacial score (nSPS) is 9.80. The number of hydrogen-bond acceptors (Lipinski definition) is 3. The Labute approximate surface area is 153 Å². The van der Waals surface area contributed by atoms with E-state index in [1.54, 1.807) is 24.5 Å². The number of aromatic nitrogens is 3. The molecule has 4 aromatic rings. The molecule has 0 bridgehead atoms. The van der Waals surface area contributed by atoms with Gasteiger partial charge in [0, 0.05) is 23.8 Å². The first kappa shape index (κ1) is 18.5. The van der Waals surface area contributed by atoms with E-state index in [1.165, 1.54) is 5.56 Å². The van der Waals surface area contributed by atoms with E-state index >= 15 is 0 Å². The van der Waals surface area contributed by atoms with Gasteiger partial charge in [0.05, 0.1) is 17.8 Å². The lowest BCUT2D eigenvalue weighted by Gasteiger charge is -2.03. The number of hydrogen-bond donors (Lipinski definition) is 1. The van der Waals surface area contributed by atoms with Crippen LogP contribution in [0.2, 0.25) is 0 Å².